The van der Waals surface area contributed by atoms with E-state index in [2.05, 4.69) is 20.8 Å². The Morgan fingerprint density at radius 1 is 1.11 bits per heavy atom. The van der Waals surface area contributed by atoms with E-state index in [0.29, 0.717) is 13.2 Å². The van der Waals surface area contributed by atoms with Crippen molar-refractivity contribution in [2.24, 2.45) is 17.8 Å². The highest BCUT2D eigenvalue weighted by atomic mass is 16.7. The number of hydrogen-bond acceptors (Lipinski definition) is 5. The Bertz CT molecular complexity index is 585. The van der Waals surface area contributed by atoms with E-state index in [1.807, 2.05) is 45.0 Å². The van der Waals surface area contributed by atoms with Crippen LogP contribution < -0.4 is 4.74 Å². The van der Waals surface area contributed by atoms with Crippen molar-refractivity contribution < 1.29 is 24.1 Å². The van der Waals surface area contributed by atoms with Gasteiger partial charge in [-0.15, -0.1) is 0 Å². The minimum absolute atomic E-state index is 0.0103. The first-order valence-electron chi connectivity index (χ1n) is 10.4. The molecule has 1 aliphatic heterocycles. The molecule has 1 aromatic rings. The second-order valence-electron chi connectivity index (χ2n) is 8.60. The number of aliphatic hydroxyl groups is 1. The zero-order valence-corrected chi connectivity index (χ0v) is 18.5. The van der Waals surface area contributed by atoms with Gasteiger partial charge in [-0.25, -0.2) is 0 Å². The zero-order chi connectivity index (χ0) is 20.9. The van der Waals surface area contributed by atoms with Crippen molar-refractivity contribution in [3.05, 3.63) is 29.8 Å². The second-order valence-corrected chi connectivity index (χ2v) is 8.60. The van der Waals surface area contributed by atoms with Gasteiger partial charge in [-0.2, -0.15) is 0 Å². The van der Waals surface area contributed by atoms with Gasteiger partial charge in [-0.3, -0.25) is 0 Å². The van der Waals surface area contributed by atoms with Gasteiger partial charge in [0.2, 0.25) is 0 Å². The summed E-state index contributed by atoms with van der Waals surface area (Å²) in [6, 6.07) is 7.92. The van der Waals surface area contributed by atoms with Gasteiger partial charge in [0, 0.05) is 17.8 Å². The molecular weight excluding hydrogens is 356 g/mol. The average molecular weight is 395 g/mol. The summed E-state index contributed by atoms with van der Waals surface area (Å²) in [5.74, 6) is 0.610. The molecule has 1 heterocycles. The molecule has 0 saturated carbocycles. The van der Waals surface area contributed by atoms with E-state index in [9.17, 15) is 5.11 Å². The quantitative estimate of drug-likeness (QED) is 0.672. The summed E-state index contributed by atoms with van der Waals surface area (Å²) in [6.45, 7) is 13.5. The Morgan fingerprint density at radius 3 is 2.29 bits per heavy atom. The Hall–Kier alpha value is -1.14. The normalized spacial score (nSPS) is 27.8. The molecular formula is C23H38O5. The smallest absolute Gasteiger partial charge is 0.163 e. The van der Waals surface area contributed by atoms with Crippen LogP contribution in [0.4, 0.5) is 0 Å². The Kier molecular flexibility index (Phi) is 8.31. The molecule has 2 rings (SSSR count). The maximum Gasteiger partial charge on any atom is 0.163 e. The summed E-state index contributed by atoms with van der Waals surface area (Å²) in [5.41, 5.74) is 1.12. The first-order chi connectivity index (χ1) is 13.2. The second kappa shape index (κ2) is 10.1. The minimum Gasteiger partial charge on any atom is -0.497 e. The van der Waals surface area contributed by atoms with Crippen LogP contribution in [0.25, 0.3) is 0 Å². The van der Waals surface area contributed by atoms with Crippen molar-refractivity contribution in [3.8, 4) is 5.75 Å². The van der Waals surface area contributed by atoms with Gasteiger partial charge in [0.15, 0.2) is 5.79 Å². The van der Waals surface area contributed by atoms with Crippen molar-refractivity contribution in [2.45, 2.75) is 78.7 Å². The molecule has 0 unspecified atom stereocenters. The lowest BCUT2D eigenvalue weighted by atomic mass is 9.80. The van der Waals surface area contributed by atoms with Crippen LogP contribution in [-0.4, -0.2) is 42.9 Å². The van der Waals surface area contributed by atoms with Crippen LogP contribution in [0.1, 0.15) is 53.5 Å². The molecule has 0 aromatic heterocycles. The fraction of sp³-hybridized carbons (Fsp3) is 0.739. The SMILES string of the molecule is CC[C@@H](O)[C@H](C)[C@H]1OC(C)(C)O[C@H]([C@H](C)COCc2ccc(OC)cc2)[C@@H]1C. The van der Waals surface area contributed by atoms with Crippen LogP contribution >= 0.6 is 0 Å². The number of benzene rings is 1. The van der Waals surface area contributed by atoms with Crippen LogP contribution in [0.2, 0.25) is 0 Å². The summed E-state index contributed by atoms with van der Waals surface area (Å²) >= 11 is 0. The Morgan fingerprint density at radius 2 is 1.71 bits per heavy atom. The van der Waals surface area contributed by atoms with Crippen molar-refractivity contribution in [1.29, 1.82) is 0 Å². The molecule has 28 heavy (non-hydrogen) atoms. The van der Waals surface area contributed by atoms with Crippen LogP contribution in [0, 0.1) is 17.8 Å². The molecule has 0 spiro atoms. The predicted octanol–water partition coefficient (Wildman–Crippen LogP) is 4.41. The molecule has 6 atom stereocenters. The van der Waals surface area contributed by atoms with E-state index < -0.39 is 5.79 Å². The molecule has 1 aromatic carbocycles. The van der Waals surface area contributed by atoms with Gasteiger partial charge in [0.05, 0.1) is 38.6 Å². The summed E-state index contributed by atoms with van der Waals surface area (Å²) in [7, 11) is 1.66. The van der Waals surface area contributed by atoms with Gasteiger partial charge in [-0.05, 0) is 38.0 Å². The van der Waals surface area contributed by atoms with Gasteiger partial charge >= 0.3 is 0 Å². The van der Waals surface area contributed by atoms with E-state index in [0.717, 1.165) is 17.7 Å². The molecule has 1 N–H and O–H groups in total. The summed E-state index contributed by atoms with van der Waals surface area (Å²) in [5, 5.41) is 10.3. The number of hydrogen-bond donors (Lipinski definition) is 1. The van der Waals surface area contributed by atoms with E-state index in [-0.39, 0.29) is 36.1 Å². The number of aliphatic hydroxyl groups excluding tert-OH is 1. The highest BCUT2D eigenvalue weighted by Gasteiger charge is 2.46. The zero-order valence-electron chi connectivity index (χ0n) is 18.5. The minimum atomic E-state index is -0.673. The van der Waals surface area contributed by atoms with Gasteiger partial charge < -0.3 is 24.1 Å². The number of rotatable bonds is 9. The lowest BCUT2D eigenvalue weighted by Crippen LogP contribution is -2.56. The molecule has 5 heteroatoms. The average Bonchev–Trinajstić information content (AvgIpc) is 2.68. The highest BCUT2D eigenvalue weighted by Crippen LogP contribution is 2.38. The number of methoxy groups -OCH3 is 1. The molecule has 160 valence electrons. The van der Waals surface area contributed by atoms with Crippen molar-refractivity contribution in [3.63, 3.8) is 0 Å². The molecule has 1 aliphatic rings. The summed E-state index contributed by atoms with van der Waals surface area (Å²) < 4.78 is 23.7. The van der Waals surface area contributed by atoms with E-state index in [4.69, 9.17) is 18.9 Å². The largest absolute Gasteiger partial charge is 0.497 e. The van der Waals surface area contributed by atoms with Crippen LogP contribution in [0.3, 0.4) is 0 Å². The first kappa shape index (κ1) is 23.1. The molecule has 0 bridgehead atoms. The third-order valence-electron chi connectivity index (χ3n) is 5.79. The maximum atomic E-state index is 10.3. The molecule has 1 saturated heterocycles. The summed E-state index contributed by atoms with van der Waals surface area (Å²) in [6.07, 6.45) is 0.313. The third-order valence-corrected chi connectivity index (χ3v) is 5.79. The number of ether oxygens (including phenoxy) is 4. The maximum absolute atomic E-state index is 10.3. The van der Waals surface area contributed by atoms with E-state index >= 15 is 0 Å². The summed E-state index contributed by atoms with van der Waals surface area (Å²) in [4.78, 5) is 0. The Balaban J connectivity index is 1.96. The highest BCUT2D eigenvalue weighted by molar-refractivity contribution is 5.26. The fourth-order valence-corrected chi connectivity index (χ4v) is 4.08. The van der Waals surface area contributed by atoms with Crippen molar-refractivity contribution in [2.75, 3.05) is 13.7 Å². The Labute approximate surface area is 170 Å². The van der Waals surface area contributed by atoms with Crippen molar-refractivity contribution >= 4 is 0 Å². The predicted molar refractivity (Wildman–Crippen MR) is 110 cm³/mol. The van der Waals surface area contributed by atoms with Gasteiger partial charge in [0.25, 0.3) is 0 Å². The molecule has 0 aliphatic carbocycles. The molecule has 1 fully saturated rings. The molecule has 5 nitrogen and oxygen atoms in total. The van der Waals surface area contributed by atoms with Crippen molar-refractivity contribution in [1.82, 2.24) is 0 Å². The van der Waals surface area contributed by atoms with E-state index in [1.165, 1.54) is 0 Å². The third kappa shape index (κ3) is 5.93. The van der Waals surface area contributed by atoms with Gasteiger partial charge in [-0.1, -0.05) is 39.8 Å². The molecule has 0 amide bonds. The topological polar surface area (TPSA) is 57.2 Å². The van der Waals surface area contributed by atoms with Crippen LogP contribution in [0.15, 0.2) is 24.3 Å². The van der Waals surface area contributed by atoms with E-state index in [1.54, 1.807) is 7.11 Å². The lowest BCUT2D eigenvalue weighted by Gasteiger charge is -2.49. The van der Waals surface area contributed by atoms with Crippen LogP contribution in [0.5, 0.6) is 5.75 Å². The fourth-order valence-electron chi connectivity index (χ4n) is 4.08. The van der Waals surface area contributed by atoms with Crippen LogP contribution in [-0.2, 0) is 20.8 Å². The first-order valence-corrected chi connectivity index (χ1v) is 10.4. The lowest BCUT2D eigenvalue weighted by molar-refractivity contribution is -0.339. The standard InChI is InChI=1S/C23H38O5/c1-8-20(24)16(3)22-17(4)21(27-23(5,6)28-22)15(2)13-26-14-18-9-11-19(25-7)12-10-18/h9-12,15-17,20-22,24H,8,13-14H2,1-7H3/t15-,16+,17+,20-,21-,22-/m1/s1. The monoisotopic (exact) mass is 394 g/mol. The van der Waals surface area contributed by atoms with Gasteiger partial charge in [0.1, 0.15) is 5.75 Å². The molecule has 0 radical (unpaired) electrons.